The molecule has 0 atom stereocenters. The zero-order valence-corrected chi connectivity index (χ0v) is 13.0. The molecule has 0 spiro atoms. The molecule has 5 nitrogen and oxygen atoms in total. The van der Waals surface area contributed by atoms with Gasteiger partial charge in [-0.3, -0.25) is 4.79 Å². The topological polar surface area (TPSA) is 66.9 Å². The average molecular weight is 317 g/mol. The molecule has 0 saturated heterocycles. The molecule has 2 rings (SSSR count). The van der Waals surface area contributed by atoms with E-state index >= 15 is 0 Å². The van der Waals surface area contributed by atoms with Gasteiger partial charge < -0.3 is 10.6 Å². The summed E-state index contributed by atoms with van der Waals surface area (Å²) < 4.78 is 0. The van der Waals surface area contributed by atoms with Crippen LogP contribution in [0.5, 0.6) is 0 Å². The summed E-state index contributed by atoms with van der Waals surface area (Å²) in [6, 6.07) is 9.01. The number of rotatable bonds is 6. The molecule has 0 aliphatic heterocycles. The molecule has 22 heavy (non-hydrogen) atoms. The molecule has 0 fully saturated rings. The van der Waals surface area contributed by atoms with Crippen molar-refractivity contribution in [2.24, 2.45) is 0 Å². The van der Waals surface area contributed by atoms with E-state index in [1.54, 1.807) is 18.2 Å². The van der Waals surface area contributed by atoms with Crippen molar-refractivity contribution in [2.75, 3.05) is 11.9 Å². The van der Waals surface area contributed by atoms with E-state index in [1.807, 2.05) is 25.1 Å². The summed E-state index contributed by atoms with van der Waals surface area (Å²) in [5.74, 6) is 0.134. The van der Waals surface area contributed by atoms with Crippen molar-refractivity contribution in [3.8, 4) is 0 Å². The first kappa shape index (κ1) is 16.0. The summed E-state index contributed by atoms with van der Waals surface area (Å²) in [5.41, 5.74) is 1.88. The molecule has 0 aliphatic rings. The molecule has 0 radical (unpaired) electrons. The predicted molar refractivity (Wildman–Crippen MR) is 88.1 cm³/mol. The monoisotopic (exact) mass is 316 g/mol. The van der Waals surface area contributed by atoms with Crippen LogP contribution in [0.4, 0.5) is 5.95 Å². The van der Waals surface area contributed by atoms with Gasteiger partial charge in [0.25, 0.3) is 5.91 Å². The zero-order chi connectivity index (χ0) is 15.9. The number of amides is 1. The maximum atomic E-state index is 12.2. The van der Waals surface area contributed by atoms with Crippen molar-refractivity contribution in [1.29, 1.82) is 0 Å². The summed E-state index contributed by atoms with van der Waals surface area (Å²) in [6.07, 6.45) is 1.70. The van der Waals surface area contributed by atoms with Crippen molar-refractivity contribution in [3.63, 3.8) is 0 Å². The smallest absolute Gasteiger partial charge is 0.270 e. The fourth-order valence-corrected chi connectivity index (χ4v) is 2.04. The molecule has 1 aromatic carbocycles. The molecule has 114 valence electrons. The molecule has 1 heterocycles. The van der Waals surface area contributed by atoms with Gasteiger partial charge in [-0.1, -0.05) is 35.9 Å². The van der Waals surface area contributed by atoms with E-state index in [2.05, 4.69) is 27.2 Å². The van der Waals surface area contributed by atoms with E-state index in [0.717, 1.165) is 5.56 Å². The second kappa shape index (κ2) is 7.56. The van der Waals surface area contributed by atoms with E-state index in [9.17, 15) is 4.79 Å². The number of anilines is 1. The highest BCUT2D eigenvalue weighted by molar-refractivity contribution is 6.31. The molecule has 2 N–H and O–H groups in total. The van der Waals surface area contributed by atoms with Crippen molar-refractivity contribution in [2.45, 2.75) is 13.5 Å². The van der Waals surface area contributed by atoms with Crippen LogP contribution in [-0.2, 0) is 6.54 Å². The van der Waals surface area contributed by atoms with Crippen LogP contribution in [0.25, 0.3) is 0 Å². The number of hydrogen-bond acceptors (Lipinski definition) is 4. The number of carbonyl (C=O) groups is 1. The van der Waals surface area contributed by atoms with Crippen LogP contribution in [0, 0.1) is 6.92 Å². The van der Waals surface area contributed by atoms with Crippen LogP contribution in [0.3, 0.4) is 0 Å². The van der Waals surface area contributed by atoms with Crippen molar-refractivity contribution in [1.82, 2.24) is 15.3 Å². The highest BCUT2D eigenvalue weighted by atomic mass is 35.5. The molecular formula is C16H17ClN4O. The van der Waals surface area contributed by atoms with Gasteiger partial charge in [-0.05, 0) is 24.6 Å². The Morgan fingerprint density at radius 3 is 2.86 bits per heavy atom. The van der Waals surface area contributed by atoms with Crippen LogP contribution >= 0.6 is 11.6 Å². The van der Waals surface area contributed by atoms with Crippen molar-refractivity contribution in [3.05, 3.63) is 65.0 Å². The molecule has 1 aromatic heterocycles. The van der Waals surface area contributed by atoms with Crippen LogP contribution in [0.2, 0.25) is 5.02 Å². The van der Waals surface area contributed by atoms with Gasteiger partial charge in [-0.2, -0.15) is 0 Å². The van der Waals surface area contributed by atoms with Gasteiger partial charge in [-0.15, -0.1) is 6.58 Å². The van der Waals surface area contributed by atoms with Crippen molar-refractivity contribution >= 4 is 23.5 Å². The largest absolute Gasteiger partial charge is 0.351 e. The summed E-state index contributed by atoms with van der Waals surface area (Å²) in [6.45, 7) is 6.30. The minimum atomic E-state index is -0.271. The summed E-state index contributed by atoms with van der Waals surface area (Å²) in [5, 5.41) is 6.40. The lowest BCUT2D eigenvalue weighted by Crippen LogP contribution is -2.24. The normalized spacial score (nSPS) is 10.1. The van der Waals surface area contributed by atoms with Gasteiger partial charge in [0, 0.05) is 23.8 Å². The number of hydrogen-bond donors (Lipinski definition) is 2. The second-order valence-electron chi connectivity index (χ2n) is 4.66. The van der Waals surface area contributed by atoms with Gasteiger partial charge in [0.2, 0.25) is 5.95 Å². The summed E-state index contributed by atoms with van der Waals surface area (Å²) in [7, 11) is 0. The van der Waals surface area contributed by atoms with Gasteiger partial charge in [0.05, 0.1) is 0 Å². The minimum Gasteiger partial charge on any atom is -0.351 e. The molecule has 0 saturated carbocycles. The van der Waals surface area contributed by atoms with E-state index in [0.29, 0.717) is 35.4 Å². The van der Waals surface area contributed by atoms with E-state index in [-0.39, 0.29) is 5.91 Å². The summed E-state index contributed by atoms with van der Waals surface area (Å²) >= 11 is 6.07. The standard InChI is InChI=1S/C16H17ClN4O/c1-3-8-18-16-20-11(2)9-14(21-16)15(22)19-10-12-6-4-5-7-13(12)17/h3-7,9H,1,8,10H2,2H3,(H,19,22)(H,18,20,21). The lowest BCUT2D eigenvalue weighted by atomic mass is 10.2. The van der Waals surface area contributed by atoms with Gasteiger partial charge in [-0.25, -0.2) is 9.97 Å². The molecule has 2 aromatic rings. The molecule has 6 heteroatoms. The van der Waals surface area contributed by atoms with E-state index < -0.39 is 0 Å². The number of nitrogens with one attached hydrogen (secondary N) is 2. The number of nitrogens with zero attached hydrogens (tertiary/aromatic N) is 2. The minimum absolute atomic E-state index is 0.271. The second-order valence-corrected chi connectivity index (χ2v) is 5.07. The Morgan fingerprint density at radius 1 is 1.36 bits per heavy atom. The Morgan fingerprint density at radius 2 is 2.14 bits per heavy atom. The number of carbonyl (C=O) groups excluding carboxylic acids is 1. The number of benzene rings is 1. The number of aromatic nitrogens is 2. The fraction of sp³-hybridized carbons (Fsp3) is 0.188. The first-order valence-electron chi connectivity index (χ1n) is 6.82. The maximum absolute atomic E-state index is 12.2. The highest BCUT2D eigenvalue weighted by Crippen LogP contribution is 2.14. The first-order chi connectivity index (χ1) is 10.6. The maximum Gasteiger partial charge on any atom is 0.270 e. The predicted octanol–water partition coefficient (Wildman–Crippen LogP) is 2.97. The Bertz CT molecular complexity index is 688. The SMILES string of the molecule is C=CCNc1nc(C)cc(C(=O)NCc2ccccc2Cl)n1. The Kier molecular flexibility index (Phi) is 5.49. The molecule has 0 bridgehead atoms. The number of aryl methyl sites for hydroxylation is 1. The van der Waals surface area contributed by atoms with Crippen LogP contribution in [-0.4, -0.2) is 22.4 Å². The van der Waals surface area contributed by atoms with Crippen molar-refractivity contribution < 1.29 is 4.79 Å². The lowest BCUT2D eigenvalue weighted by Gasteiger charge is -2.08. The van der Waals surface area contributed by atoms with Crippen LogP contribution in [0.1, 0.15) is 21.7 Å². The van der Waals surface area contributed by atoms with E-state index in [4.69, 9.17) is 11.6 Å². The Labute approximate surface area is 134 Å². The lowest BCUT2D eigenvalue weighted by molar-refractivity contribution is 0.0946. The molecule has 1 amide bonds. The molecular weight excluding hydrogens is 300 g/mol. The Hall–Kier alpha value is -2.40. The van der Waals surface area contributed by atoms with E-state index in [1.165, 1.54) is 0 Å². The fourth-order valence-electron chi connectivity index (χ4n) is 1.84. The third-order valence-corrected chi connectivity index (χ3v) is 3.26. The van der Waals surface area contributed by atoms with Crippen LogP contribution in [0.15, 0.2) is 43.0 Å². The zero-order valence-electron chi connectivity index (χ0n) is 12.3. The number of halogens is 1. The highest BCUT2D eigenvalue weighted by Gasteiger charge is 2.10. The summed E-state index contributed by atoms with van der Waals surface area (Å²) in [4.78, 5) is 20.6. The third kappa shape index (κ3) is 4.30. The first-order valence-corrected chi connectivity index (χ1v) is 7.20. The van der Waals surface area contributed by atoms with Gasteiger partial charge in [0.1, 0.15) is 5.69 Å². The van der Waals surface area contributed by atoms with Crippen LogP contribution < -0.4 is 10.6 Å². The Balaban J connectivity index is 2.07. The van der Waals surface area contributed by atoms with Gasteiger partial charge >= 0.3 is 0 Å². The molecule has 0 aliphatic carbocycles. The molecule has 0 unspecified atom stereocenters. The van der Waals surface area contributed by atoms with Gasteiger partial charge in [0.15, 0.2) is 0 Å². The quantitative estimate of drug-likeness (QED) is 0.804. The third-order valence-electron chi connectivity index (χ3n) is 2.89. The average Bonchev–Trinajstić information content (AvgIpc) is 2.51.